The Morgan fingerprint density at radius 1 is 1.05 bits per heavy atom. The first-order chi connectivity index (χ1) is 9.74. The van der Waals surface area contributed by atoms with Crippen LogP contribution in [0.15, 0.2) is 24.3 Å². The predicted octanol–water partition coefficient (Wildman–Crippen LogP) is 5.43. The lowest BCUT2D eigenvalue weighted by Crippen LogP contribution is -2.29. The van der Waals surface area contributed by atoms with Crippen LogP contribution in [-0.2, 0) is 6.42 Å². The number of ketones is 1. The molecule has 2 atom stereocenters. The van der Waals surface area contributed by atoms with E-state index in [-0.39, 0.29) is 5.92 Å². The molecule has 0 aliphatic heterocycles. The van der Waals surface area contributed by atoms with E-state index in [0.29, 0.717) is 11.7 Å². The second kappa shape index (κ2) is 7.61. The Kier molecular flexibility index (Phi) is 5.82. The van der Waals surface area contributed by atoms with Crippen molar-refractivity contribution < 1.29 is 4.79 Å². The standard InChI is InChI=1S/C19H28O/c1-3-4-5-6-7-8-11-16-14-17-12-9-10-13-18(17)19(20)15(16)2/h9-10,12-13,15-16H,3-8,11,14H2,1-2H3. The van der Waals surface area contributed by atoms with E-state index in [4.69, 9.17) is 0 Å². The number of carbonyl (C=O) groups is 1. The molecule has 0 heterocycles. The molecule has 0 aromatic heterocycles. The third-order valence-electron chi connectivity index (χ3n) is 4.81. The fourth-order valence-electron chi connectivity index (χ4n) is 3.40. The van der Waals surface area contributed by atoms with Gasteiger partial charge in [-0.1, -0.05) is 76.6 Å². The molecule has 110 valence electrons. The summed E-state index contributed by atoms with van der Waals surface area (Å²) in [4.78, 5) is 12.4. The summed E-state index contributed by atoms with van der Waals surface area (Å²) in [6, 6.07) is 8.17. The second-order valence-electron chi connectivity index (χ2n) is 6.33. The largest absolute Gasteiger partial charge is 0.294 e. The molecular weight excluding hydrogens is 244 g/mol. The van der Waals surface area contributed by atoms with Crippen molar-refractivity contribution in [3.63, 3.8) is 0 Å². The van der Waals surface area contributed by atoms with Crippen LogP contribution in [0.4, 0.5) is 0 Å². The molecule has 0 saturated heterocycles. The summed E-state index contributed by atoms with van der Waals surface area (Å²) in [5, 5.41) is 0. The molecule has 1 aliphatic rings. The molecule has 1 nitrogen and oxygen atoms in total. The number of rotatable bonds is 7. The molecule has 0 bridgehead atoms. The maximum Gasteiger partial charge on any atom is 0.166 e. The molecule has 1 aromatic rings. The van der Waals surface area contributed by atoms with Crippen LogP contribution >= 0.6 is 0 Å². The van der Waals surface area contributed by atoms with Crippen LogP contribution in [0.25, 0.3) is 0 Å². The first-order valence-corrected chi connectivity index (χ1v) is 8.36. The highest BCUT2D eigenvalue weighted by Gasteiger charge is 2.31. The third kappa shape index (κ3) is 3.71. The number of fused-ring (bicyclic) bond motifs is 1. The lowest BCUT2D eigenvalue weighted by atomic mass is 9.74. The van der Waals surface area contributed by atoms with E-state index in [2.05, 4.69) is 26.0 Å². The van der Waals surface area contributed by atoms with E-state index in [0.717, 1.165) is 12.0 Å². The molecule has 2 unspecified atom stereocenters. The van der Waals surface area contributed by atoms with Crippen molar-refractivity contribution in [3.8, 4) is 0 Å². The molecule has 0 saturated carbocycles. The van der Waals surface area contributed by atoms with Crippen molar-refractivity contribution in [1.29, 1.82) is 0 Å². The van der Waals surface area contributed by atoms with Gasteiger partial charge in [0.2, 0.25) is 0 Å². The molecular formula is C19H28O. The van der Waals surface area contributed by atoms with E-state index in [1.807, 2.05) is 12.1 Å². The fraction of sp³-hybridized carbons (Fsp3) is 0.632. The summed E-state index contributed by atoms with van der Waals surface area (Å²) in [6.45, 7) is 4.38. The van der Waals surface area contributed by atoms with E-state index >= 15 is 0 Å². The van der Waals surface area contributed by atoms with Crippen LogP contribution in [0.2, 0.25) is 0 Å². The first kappa shape index (κ1) is 15.3. The first-order valence-electron chi connectivity index (χ1n) is 8.36. The molecule has 0 spiro atoms. The van der Waals surface area contributed by atoms with Gasteiger partial charge in [0.1, 0.15) is 0 Å². The number of unbranched alkanes of at least 4 members (excludes halogenated alkanes) is 5. The molecule has 0 fully saturated rings. The van der Waals surface area contributed by atoms with Gasteiger partial charge in [-0.25, -0.2) is 0 Å². The van der Waals surface area contributed by atoms with Crippen LogP contribution in [0, 0.1) is 11.8 Å². The normalized spacial score (nSPS) is 21.8. The van der Waals surface area contributed by atoms with Gasteiger partial charge in [-0.2, -0.15) is 0 Å². The minimum Gasteiger partial charge on any atom is -0.294 e. The zero-order valence-electron chi connectivity index (χ0n) is 13.0. The fourth-order valence-corrected chi connectivity index (χ4v) is 3.40. The minimum absolute atomic E-state index is 0.209. The molecule has 1 aromatic carbocycles. The van der Waals surface area contributed by atoms with Gasteiger partial charge < -0.3 is 0 Å². The SMILES string of the molecule is CCCCCCCCC1Cc2ccccc2C(=O)C1C. The molecule has 0 amide bonds. The maximum atomic E-state index is 12.4. The van der Waals surface area contributed by atoms with E-state index in [1.54, 1.807) is 0 Å². The minimum atomic E-state index is 0.209. The molecule has 0 N–H and O–H groups in total. The number of Topliss-reactive ketones (excluding diaryl/α,β-unsaturated/α-hetero) is 1. The average molecular weight is 272 g/mol. The summed E-state index contributed by atoms with van der Waals surface area (Å²) in [5.41, 5.74) is 2.24. The summed E-state index contributed by atoms with van der Waals surface area (Å²) >= 11 is 0. The highest BCUT2D eigenvalue weighted by Crippen LogP contribution is 2.33. The van der Waals surface area contributed by atoms with Gasteiger partial charge in [0.15, 0.2) is 5.78 Å². The van der Waals surface area contributed by atoms with Crippen molar-refractivity contribution >= 4 is 5.78 Å². The average Bonchev–Trinajstić information content (AvgIpc) is 2.47. The van der Waals surface area contributed by atoms with Gasteiger partial charge in [-0.05, 0) is 24.3 Å². The van der Waals surface area contributed by atoms with Crippen LogP contribution in [0.5, 0.6) is 0 Å². The van der Waals surface area contributed by atoms with Crippen molar-refractivity contribution in [2.75, 3.05) is 0 Å². The summed E-state index contributed by atoms with van der Waals surface area (Å²) < 4.78 is 0. The molecule has 2 rings (SSSR count). The Hall–Kier alpha value is -1.11. The summed E-state index contributed by atoms with van der Waals surface area (Å²) in [5.74, 6) is 1.13. The maximum absolute atomic E-state index is 12.4. The quantitative estimate of drug-likeness (QED) is 0.605. The van der Waals surface area contributed by atoms with E-state index in [9.17, 15) is 4.79 Å². The van der Waals surface area contributed by atoms with Gasteiger partial charge in [-0.15, -0.1) is 0 Å². The van der Waals surface area contributed by atoms with E-state index in [1.165, 1.54) is 50.5 Å². The lowest BCUT2D eigenvalue weighted by Gasteiger charge is -2.29. The predicted molar refractivity (Wildman–Crippen MR) is 85.1 cm³/mol. The Balaban J connectivity index is 1.83. The van der Waals surface area contributed by atoms with Gasteiger partial charge in [-0.3, -0.25) is 4.79 Å². The number of hydrogen-bond acceptors (Lipinski definition) is 1. The molecule has 1 aliphatic carbocycles. The Bertz CT molecular complexity index is 435. The van der Waals surface area contributed by atoms with Crippen molar-refractivity contribution in [2.24, 2.45) is 11.8 Å². The van der Waals surface area contributed by atoms with Crippen molar-refractivity contribution in [1.82, 2.24) is 0 Å². The highest BCUT2D eigenvalue weighted by molar-refractivity contribution is 6.00. The molecule has 20 heavy (non-hydrogen) atoms. The Morgan fingerprint density at radius 3 is 2.55 bits per heavy atom. The highest BCUT2D eigenvalue weighted by atomic mass is 16.1. The van der Waals surface area contributed by atoms with Crippen LogP contribution in [-0.4, -0.2) is 5.78 Å². The van der Waals surface area contributed by atoms with Gasteiger partial charge >= 0.3 is 0 Å². The van der Waals surface area contributed by atoms with Crippen LogP contribution in [0.1, 0.15) is 74.7 Å². The number of benzene rings is 1. The van der Waals surface area contributed by atoms with Gasteiger partial charge in [0, 0.05) is 11.5 Å². The van der Waals surface area contributed by atoms with Crippen molar-refractivity contribution in [3.05, 3.63) is 35.4 Å². The van der Waals surface area contributed by atoms with Gasteiger partial charge in [0.25, 0.3) is 0 Å². The third-order valence-corrected chi connectivity index (χ3v) is 4.81. The van der Waals surface area contributed by atoms with Crippen LogP contribution < -0.4 is 0 Å². The zero-order chi connectivity index (χ0) is 14.4. The smallest absolute Gasteiger partial charge is 0.166 e. The Morgan fingerprint density at radius 2 is 1.75 bits per heavy atom. The molecule has 0 radical (unpaired) electrons. The number of hydrogen-bond donors (Lipinski definition) is 0. The topological polar surface area (TPSA) is 17.1 Å². The monoisotopic (exact) mass is 272 g/mol. The van der Waals surface area contributed by atoms with Gasteiger partial charge in [0.05, 0.1) is 0 Å². The van der Waals surface area contributed by atoms with Crippen molar-refractivity contribution in [2.45, 2.75) is 65.2 Å². The number of carbonyl (C=O) groups excluding carboxylic acids is 1. The summed E-state index contributed by atoms with van der Waals surface area (Å²) in [6.07, 6.45) is 10.3. The second-order valence-corrected chi connectivity index (χ2v) is 6.33. The summed E-state index contributed by atoms with van der Waals surface area (Å²) in [7, 11) is 0. The van der Waals surface area contributed by atoms with Crippen LogP contribution in [0.3, 0.4) is 0 Å². The zero-order valence-corrected chi connectivity index (χ0v) is 13.0. The Labute approximate surface area is 123 Å². The van der Waals surface area contributed by atoms with E-state index < -0.39 is 0 Å². The lowest BCUT2D eigenvalue weighted by molar-refractivity contribution is 0.0861. The molecule has 1 heteroatoms.